The van der Waals surface area contributed by atoms with Crippen LogP contribution in [0.4, 0.5) is 13.2 Å². The summed E-state index contributed by atoms with van der Waals surface area (Å²) in [6.45, 7) is 0.173. The van der Waals surface area contributed by atoms with Crippen molar-refractivity contribution in [3.63, 3.8) is 0 Å². The lowest BCUT2D eigenvalue weighted by molar-refractivity contribution is -0.155. The number of nitrogens with zero attached hydrogens (tertiary/aromatic N) is 1. The van der Waals surface area contributed by atoms with Crippen molar-refractivity contribution < 1.29 is 27.9 Å². The second kappa shape index (κ2) is 7.14. The van der Waals surface area contributed by atoms with Crippen molar-refractivity contribution in [3.8, 4) is 0 Å². The van der Waals surface area contributed by atoms with Crippen LogP contribution >= 0.6 is 0 Å². The first-order chi connectivity index (χ1) is 12.6. The molecule has 0 aliphatic heterocycles. The highest BCUT2D eigenvalue weighted by Crippen LogP contribution is 2.51. The minimum Gasteiger partial charge on any atom is -0.383 e. The quantitative estimate of drug-likeness (QED) is 0.754. The van der Waals surface area contributed by atoms with E-state index in [0.29, 0.717) is 12.8 Å². The monoisotopic (exact) mass is 384 g/mol. The highest BCUT2D eigenvalue weighted by atomic mass is 19.4. The number of halogens is 3. The first kappa shape index (κ1) is 19.7. The van der Waals surface area contributed by atoms with Gasteiger partial charge in [-0.1, -0.05) is 30.3 Å². The summed E-state index contributed by atoms with van der Waals surface area (Å²) in [5.41, 5.74) is 0.153. The van der Waals surface area contributed by atoms with Gasteiger partial charge in [-0.25, -0.2) is 0 Å². The minimum atomic E-state index is -4.34. The van der Waals surface area contributed by atoms with E-state index >= 15 is 0 Å². The van der Waals surface area contributed by atoms with E-state index in [4.69, 9.17) is 0 Å². The maximum Gasteiger partial charge on any atom is 0.392 e. The number of hydrogen-bond donors (Lipinski definition) is 2. The molecule has 148 valence electrons. The second-order valence-electron chi connectivity index (χ2n) is 7.66. The van der Waals surface area contributed by atoms with E-state index in [1.807, 2.05) is 30.3 Å². The molecule has 1 aromatic rings. The van der Waals surface area contributed by atoms with Gasteiger partial charge in [-0.15, -0.1) is 0 Å². The van der Waals surface area contributed by atoms with Gasteiger partial charge < -0.3 is 15.3 Å². The zero-order valence-electron chi connectivity index (χ0n) is 15.0. The van der Waals surface area contributed by atoms with E-state index in [0.717, 1.165) is 5.56 Å². The normalized spacial score (nSPS) is 24.0. The molecule has 0 saturated heterocycles. The van der Waals surface area contributed by atoms with Crippen LogP contribution in [0.5, 0.6) is 0 Å². The van der Waals surface area contributed by atoms with E-state index in [-0.39, 0.29) is 19.4 Å². The molecule has 0 bridgehead atoms. The molecule has 5 nitrogen and oxygen atoms in total. The van der Waals surface area contributed by atoms with Gasteiger partial charge in [0.25, 0.3) is 5.91 Å². The summed E-state index contributed by atoms with van der Waals surface area (Å²) in [5.74, 6) is -3.65. The van der Waals surface area contributed by atoms with Gasteiger partial charge in [0, 0.05) is 20.0 Å². The van der Waals surface area contributed by atoms with Gasteiger partial charge in [-0.2, -0.15) is 13.2 Å². The van der Waals surface area contributed by atoms with Gasteiger partial charge >= 0.3 is 6.18 Å². The van der Waals surface area contributed by atoms with Gasteiger partial charge in [0.1, 0.15) is 6.10 Å². The molecule has 2 N–H and O–H groups in total. The molecule has 0 aromatic heterocycles. The molecule has 8 heteroatoms. The van der Waals surface area contributed by atoms with Crippen LogP contribution in [-0.4, -0.2) is 53.2 Å². The smallest absolute Gasteiger partial charge is 0.383 e. The SMILES string of the molecule is CN(CC1(NC(=O)[C@@H]2C[C@H]2C(F)(F)F)CC1)C(=O)C(O)Cc1ccccc1. The van der Waals surface area contributed by atoms with Crippen molar-refractivity contribution in [1.29, 1.82) is 0 Å². The minimum absolute atomic E-state index is 0.171. The number of rotatable bonds is 7. The fourth-order valence-corrected chi connectivity index (χ4v) is 3.39. The van der Waals surface area contributed by atoms with Gasteiger partial charge in [0.15, 0.2) is 0 Å². The molecular weight excluding hydrogens is 361 g/mol. The first-order valence-corrected chi connectivity index (χ1v) is 8.97. The average Bonchev–Trinajstić information content (AvgIpc) is 3.49. The Hall–Kier alpha value is -2.09. The molecule has 2 aliphatic rings. The zero-order chi connectivity index (χ0) is 19.8. The number of hydrogen-bond acceptors (Lipinski definition) is 3. The van der Waals surface area contributed by atoms with Crippen LogP contribution in [0.25, 0.3) is 0 Å². The molecule has 1 aromatic carbocycles. The predicted octanol–water partition coefficient (Wildman–Crippen LogP) is 1.90. The van der Waals surface area contributed by atoms with E-state index < -0.39 is 41.5 Å². The van der Waals surface area contributed by atoms with Crippen LogP contribution in [-0.2, 0) is 16.0 Å². The Balaban J connectivity index is 1.50. The fraction of sp³-hybridized carbons (Fsp3) is 0.579. The summed E-state index contributed by atoms with van der Waals surface area (Å²) in [7, 11) is 1.53. The number of aliphatic hydroxyl groups is 1. The first-order valence-electron chi connectivity index (χ1n) is 8.97. The number of benzene rings is 1. The molecule has 2 amide bonds. The van der Waals surface area contributed by atoms with Crippen LogP contribution in [0.3, 0.4) is 0 Å². The summed E-state index contributed by atoms with van der Waals surface area (Å²) in [4.78, 5) is 25.8. The van der Waals surface area contributed by atoms with Crippen LogP contribution in [0, 0.1) is 11.8 Å². The van der Waals surface area contributed by atoms with Gasteiger partial charge in [-0.05, 0) is 24.8 Å². The summed E-state index contributed by atoms with van der Waals surface area (Å²) in [6, 6.07) is 9.10. The number of likely N-dealkylation sites (N-methyl/N-ethyl adjacent to an activating group) is 1. The number of nitrogens with one attached hydrogen (secondary N) is 1. The van der Waals surface area contributed by atoms with Crippen molar-refractivity contribution in [1.82, 2.24) is 10.2 Å². The highest BCUT2D eigenvalue weighted by Gasteiger charge is 2.60. The van der Waals surface area contributed by atoms with Crippen molar-refractivity contribution in [2.24, 2.45) is 11.8 Å². The van der Waals surface area contributed by atoms with E-state index in [9.17, 15) is 27.9 Å². The number of carbonyl (C=O) groups is 2. The second-order valence-corrected chi connectivity index (χ2v) is 7.66. The number of alkyl halides is 3. The van der Waals surface area contributed by atoms with Gasteiger partial charge in [0.2, 0.25) is 5.91 Å². The molecule has 2 aliphatic carbocycles. The molecular formula is C19H23F3N2O3. The number of amides is 2. The van der Waals surface area contributed by atoms with Crippen LogP contribution in [0.1, 0.15) is 24.8 Å². The topological polar surface area (TPSA) is 69.6 Å². The number of aliphatic hydroxyl groups excluding tert-OH is 1. The molecule has 3 rings (SSSR count). The third-order valence-electron chi connectivity index (χ3n) is 5.26. The Kier molecular flexibility index (Phi) is 5.20. The zero-order valence-corrected chi connectivity index (χ0v) is 15.0. The van der Waals surface area contributed by atoms with Crippen LogP contribution < -0.4 is 5.32 Å². The lowest BCUT2D eigenvalue weighted by Crippen LogP contribution is -2.49. The maximum atomic E-state index is 12.6. The lowest BCUT2D eigenvalue weighted by atomic mass is 10.1. The number of carbonyl (C=O) groups excluding carboxylic acids is 2. The molecule has 0 spiro atoms. The summed E-state index contributed by atoms with van der Waals surface area (Å²) in [5, 5.41) is 12.9. The molecule has 2 fully saturated rings. The fourth-order valence-electron chi connectivity index (χ4n) is 3.39. The van der Waals surface area contributed by atoms with Crippen molar-refractivity contribution in [2.45, 2.75) is 43.5 Å². The summed E-state index contributed by atoms with van der Waals surface area (Å²) < 4.78 is 37.9. The van der Waals surface area contributed by atoms with E-state index in [1.165, 1.54) is 11.9 Å². The summed E-state index contributed by atoms with van der Waals surface area (Å²) >= 11 is 0. The molecule has 0 radical (unpaired) electrons. The Morgan fingerprint density at radius 3 is 2.44 bits per heavy atom. The Morgan fingerprint density at radius 2 is 1.93 bits per heavy atom. The standard InChI is InChI=1S/C19H23F3N2O3/c1-24(17(27)15(25)9-12-5-3-2-4-6-12)11-18(7-8-18)23-16(26)13-10-14(13)19(20,21)22/h2-6,13-15,25H,7-11H2,1H3,(H,23,26)/t13-,14-,15?/m1/s1. The van der Waals surface area contributed by atoms with Crippen LogP contribution in [0.2, 0.25) is 0 Å². The van der Waals surface area contributed by atoms with Crippen molar-refractivity contribution in [2.75, 3.05) is 13.6 Å². The lowest BCUT2D eigenvalue weighted by Gasteiger charge is -2.27. The third-order valence-corrected chi connectivity index (χ3v) is 5.26. The van der Waals surface area contributed by atoms with Gasteiger partial charge in [-0.3, -0.25) is 9.59 Å². The molecule has 3 atom stereocenters. The van der Waals surface area contributed by atoms with E-state index in [1.54, 1.807) is 0 Å². The van der Waals surface area contributed by atoms with Crippen molar-refractivity contribution in [3.05, 3.63) is 35.9 Å². The maximum absolute atomic E-state index is 12.6. The van der Waals surface area contributed by atoms with E-state index in [2.05, 4.69) is 5.32 Å². The molecule has 0 heterocycles. The Labute approximate surface area is 155 Å². The average molecular weight is 384 g/mol. The summed E-state index contributed by atoms with van der Waals surface area (Å²) in [6.07, 6.45) is -4.33. The third kappa shape index (κ3) is 4.80. The highest BCUT2D eigenvalue weighted by molar-refractivity contribution is 5.83. The Bertz CT molecular complexity index is 704. The molecule has 27 heavy (non-hydrogen) atoms. The van der Waals surface area contributed by atoms with Crippen molar-refractivity contribution >= 4 is 11.8 Å². The predicted molar refractivity (Wildman–Crippen MR) is 91.5 cm³/mol. The van der Waals surface area contributed by atoms with Crippen LogP contribution in [0.15, 0.2) is 30.3 Å². The molecule has 2 saturated carbocycles. The largest absolute Gasteiger partial charge is 0.392 e. The Morgan fingerprint density at radius 1 is 1.30 bits per heavy atom. The van der Waals surface area contributed by atoms with Gasteiger partial charge in [0.05, 0.1) is 17.4 Å². The molecule has 1 unspecified atom stereocenters.